The molecular formula is C28H17BrCl2N4O6. The molecule has 2 amide bonds. The quantitative estimate of drug-likeness (QED) is 0.0696. The lowest BCUT2D eigenvalue weighted by Crippen LogP contribution is -2.18. The van der Waals surface area contributed by atoms with Crippen LogP contribution in [0.4, 0.5) is 11.4 Å². The van der Waals surface area contributed by atoms with Crippen LogP contribution in [0, 0.1) is 10.1 Å². The van der Waals surface area contributed by atoms with Gasteiger partial charge in [0.15, 0.2) is 0 Å². The van der Waals surface area contributed by atoms with Gasteiger partial charge in [0.05, 0.1) is 21.7 Å². The van der Waals surface area contributed by atoms with Crippen molar-refractivity contribution in [1.82, 2.24) is 5.43 Å². The Labute approximate surface area is 251 Å². The van der Waals surface area contributed by atoms with Crippen molar-refractivity contribution in [1.29, 1.82) is 0 Å². The van der Waals surface area contributed by atoms with Crippen LogP contribution in [-0.2, 0) is 0 Å². The fraction of sp³-hybridized carbons (Fsp3) is 0. The Hall–Kier alpha value is -4.58. The molecule has 0 atom stereocenters. The molecule has 0 spiro atoms. The first-order valence-corrected chi connectivity index (χ1v) is 13.1. The Balaban J connectivity index is 1.38. The van der Waals surface area contributed by atoms with Crippen molar-refractivity contribution in [3.8, 4) is 5.75 Å². The van der Waals surface area contributed by atoms with Crippen molar-refractivity contribution in [3.63, 3.8) is 0 Å². The average molecular weight is 656 g/mol. The molecule has 0 bridgehead atoms. The molecule has 0 saturated heterocycles. The molecule has 0 heterocycles. The van der Waals surface area contributed by atoms with E-state index in [2.05, 4.69) is 31.8 Å². The highest BCUT2D eigenvalue weighted by Crippen LogP contribution is 2.26. The number of carbonyl (C=O) groups excluding carboxylic acids is 3. The summed E-state index contributed by atoms with van der Waals surface area (Å²) in [6.45, 7) is 0. The van der Waals surface area contributed by atoms with E-state index in [1.54, 1.807) is 18.2 Å². The van der Waals surface area contributed by atoms with Gasteiger partial charge in [-0.3, -0.25) is 19.7 Å². The molecule has 13 heteroatoms. The lowest BCUT2D eigenvalue weighted by molar-refractivity contribution is -0.384. The molecule has 4 aromatic carbocycles. The summed E-state index contributed by atoms with van der Waals surface area (Å²) in [6.07, 6.45) is 1.31. The molecule has 10 nitrogen and oxygen atoms in total. The van der Waals surface area contributed by atoms with Crippen molar-refractivity contribution in [3.05, 3.63) is 132 Å². The van der Waals surface area contributed by atoms with Crippen LogP contribution in [0.1, 0.15) is 36.6 Å². The minimum atomic E-state index is -0.701. The second kappa shape index (κ2) is 13.2. The number of ether oxygens (including phenoxy) is 1. The van der Waals surface area contributed by atoms with Gasteiger partial charge in [0.2, 0.25) is 0 Å². The Bertz CT molecular complexity index is 1680. The summed E-state index contributed by atoms with van der Waals surface area (Å²) in [6, 6.07) is 20.4. The number of nitro groups is 1. The van der Waals surface area contributed by atoms with Gasteiger partial charge in [-0.25, -0.2) is 10.2 Å². The van der Waals surface area contributed by atoms with E-state index in [4.69, 9.17) is 27.9 Å². The largest absolute Gasteiger partial charge is 0.422 e. The Morgan fingerprint density at radius 1 is 0.878 bits per heavy atom. The number of esters is 1. The van der Waals surface area contributed by atoms with E-state index in [1.165, 1.54) is 72.9 Å². The number of rotatable bonds is 8. The standard InChI is InChI=1S/C28H17BrCl2N4O6/c29-19-5-12-25(41-28(38)23-11-6-20(30)14-24(23)31)18(13-19)15-32-34-27(37)17-1-7-21(8-2-17)33-26(36)16-3-9-22(10-4-16)35(39)40/h1-15H,(H,33,36)(H,34,37)/b32-15-. The number of benzene rings is 4. The van der Waals surface area contributed by atoms with E-state index in [1.807, 2.05) is 0 Å². The highest BCUT2D eigenvalue weighted by atomic mass is 79.9. The maximum atomic E-state index is 12.6. The molecule has 0 radical (unpaired) electrons. The molecule has 206 valence electrons. The molecule has 2 N–H and O–H groups in total. The van der Waals surface area contributed by atoms with Crippen molar-refractivity contribution >= 4 is 74.5 Å². The van der Waals surface area contributed by atoms with E-state index in [-0.39, 0.29) is 33.1 Å². The summed E-state index contributed by atoms with van der Waals surface area (Å²) in [5.41, 5.74) is 3.69. The van der Waals surface area contributed by atoms with E-state index >= 15 is 0 Å². The maximum Gasteiger partial charge on any atom is 0.345 e. The number of non-ortho nitro benzene ring substituents is 1. The van der Waals surface area contributed by atoms with Gasteiger partial charge in [-0.15, -0.1) is 0 Å². The zero-order chi connectivity index (χ0) is 29.5. The molecule has 4 rings (SSSR count). The first-order chi connectivity index (χ1) is 19.6. The number of hydrogen-bond donors (Lipinski definition) is 2. The normalized spacial score (nSPS) is 10.7. The minimum Gasteiger partial charge on any atom is -0.422 e. The number of carbonyl (C=O) groups is 3. The first-order valence-electron chi connectivity index (χ1n) is 11.6. The number of amides is 2. The van der Waals surface area contributed by atoms with Crippen molar-refractivity contribution in [2.75, 3.05) is 5.32 Å². The molecule has 0 unspecified atom stereocenters. The van der Waals surface area contributed by atoms with Crippen molar-refractivity contribution in [2.45, 2.75) is 0 Å². The van der Waals surface area contributed by atoms with Crippen LogP contribution < -0.4 is 15.5 Å². The zero-order valence-corrected chi connectivity index (χ0v) is 23.7. The van der Waals surface area contributed by atoms with Crippen LogP contribution >= 0.6 is 39.1 Å². The third-order valence-corrected chi connectivity index (χ3v) is 6.48. The summed E-state index contributed by atoms with van der Waals surface area (Å²) >= 11 is 15.3. The van der Waals surface area contributed by atoms with E-state index in [0.717, 1.165) is 0 Å². The summed E-state index contributed by atoms with van der Waals surface area (Å²) < 4.78 is 6.17. The molecule has 0 aliphatic carbocycles. The second-order valence-electron chi connectivity index (χ2n) is 8.23. The summed E-state index contributed by atoms with van der Waals surface area (Å²) in [7, 11) is 0. The summed E-state index contributed by atoms with van der Waals surface area (Å²) in [5.74, 6) is -1.52. The van der Waals surface area contributed by atoms with Crippen molar-refractivity contribution < 1.29 is 24.0 Å². The second-order valence-corrected chi connectivity index (χ2v) is 9.99. The number of hydrazone groups is 1. The molecule has 0 aliphatic heterocycles. The fourth-order valence-corrected chi connectivity index (χ4v) is 4.26. The van der Waals surface area contributed by atoms with Gasteiger partial charge in [0.25, 0.3) is 17.5 Å². The first kappa shape index (κ1) is 29.4. The van der Waals surface area contributed by atoms with Crippen LogP contribution in [0.3, 0.4) is 0 Å². The average Bonchev–Trinajstić information content (AvgIpc) is 2.94. The lowest BCUT2D eigenvalue weighted by atomic mass is 10.1. The molecule has 4 aromatic rings. The predicted octanol–water partition coefficient (Wildman–Crippen LogP) is 6.90. The molecule has 41 heavy (non-hydrogen) atoms. The number of nitrogens with zero attached hydrogens (tertiary/aromatic N) is 2. The fourth-order valence-electron chi connectivity index (χ4n) is 3.39. The third-order valence-electron chi connectivity index (χ3n) is 5.44. The van der Waals surface area contributed by atoms with Crippen LogP contribution in [0.2, 0.25) is 10.0 Å². The van der Waals surface area contributed by atoms with Gasteiger partial charge < -0.3 is 10.1 Å². The number of halogens is 3. The highest BCUT2D eigenvalue weighted by molar-refractivity contribution is 9.10. The van der Waals surface area contributed by atoms with Crippen LogP contribution in [0.15, 0.2) is 94.5 Å². The number of anilines is 1. The molecule has 0 aliphatic rings. The van der Waals surface area contributed by atoms with Gasteiger partial charge in [0, 0.05) is 44.0 Å². The van der Waals surface area contributed by atoms with Gasteiger partial charge in [0.1, 0.15) is 5.75 Å². The summed E-state index contributed by atoms with van der Waals surface area (Å²) in [5, 5.41) is 17.9. The van der Waals surface area contributed by atoms with Crippen LogP contribution in [0.5, 0.6) is 5.75 Å². The summed E-state index contributed by atoms with van der Waals surface area (Å²) in [4.78, 5) is 47.8. The number of hydrogen-bond acceptors (Lipinski definition) is 7. The number of nitrogens with one attached hydrogen (secondary N) is 2. The lowest BCUT2D eigenvalue weighted by Gasteiger charge is -2.09. The minimum absolute atomic E-state index is 0.125. The van der Waals surface area contributed by atoms with Gasteiger partial charge in [-0.2, -0.15) is 5.10 Å². The van der Waals surface area contributed by atoms with E-state index in [9.17, 15) is 24.5 Å². The molecule has 0 aromatic heterocycles. The van der Waals surface area contributed by atoms with Gasteiger partial charge in [-0.05, 0) is 72.8 Å². The monoisotopic (exact) mass is 654 g/mol. The Morgan fingerprint density at radius 2 is 1.54 bits per heavy atom. The van der Waals surface area contributed by atoms with Gasteiger partial charge in [-0.1, -0.05) is 39.1 Å². The topological polar surface area (TPSA) is 140 Å². The van der Waals surface area contributed by atoms with Crippen LogP contribution in [0.25, 0.3) is 0 Å². The number of nitro benzene ring substituents is 1. The Morgan fingerprint density at radius 3 is 2.20 bits per heavy atom. The molecular weight excluding hydrogens is 639 g/mol. The maximum absolute atomic E-state index is 12.6. The Kier molecular flexibility index (Phi) is 9.45. The van der Waals surface area contributed by atoms with E-state index < -0.39 is 22.7 Å². The molecule has 0 saturated carbocycles. The smallest absolute Gasteiger partial charge is 0.345 e. The van der Waals surface area contributed by atoms with E-state index in [0.29, 0.717) is 20.7 Å². The van der Waals surface area contributed by atoms with Gasteiger partial charge >= 0.3 is 5.97 Å². The third kappa shape index (κ3) is 7.76. The van der Waals surface area contributed by atoms with Crippen molar-refractivity contribution in [2.24, 2.45) is 5.10 Å². The highest BCUT2D eigenvalue weighted by Gasteiger charge is 2.16. The predicted molar refractivity (Wildman–Crippen MR) is 158 cm³/mol. The van der Waals surface area contributed by atoms with Crippen LogP contribution in [-0.4, -0.2) is 28.9 Å². The zero-order valence-electron chi connectivity index (χ0n) is 20.6. The SMILES string of the molecule is O=C(N/N=C\c1cc(Br)ccc1OC(=O)c1ccc(Cl)cc1Cl)c1ccc(NC(=O)c2ccc([N+](=O)[O-])cc2)cc1. The molecule has 0 fully saturated rings.